The molecule has 13 heteroatoms. The summed E-state index contributed by atoms with van der Waals surface area (Å²) in [6.45, 7) is 27.3. The van der Waals surface area contributed by atoms with Crippen LogP contribution in [0.1, 0.15) is 109 Å². The minimum atomic E-state index is -1.04. The quantitative estimate of drug-likeness (QED) is 0.144. The van der Waals surface area contributed by atoms with Gasteiger partial charge in [0, 0.05) is 32.7 Å². The van der Waals surface area contributed by atoms with Crippen LogP contribution in [0.5, 0.6) is 0 Å². The maximum Gasteiger partial charge on any atom is 0.410 e. The molecule has 0 bridgehead atoms. The fourth-order valence-electron chi connectivity index (χ4n) is 6.98. The van der Waals surface area contributed by atoms with Crippen molar-refractivity contribution in [3.05, 3.63) is 12.7 Å². The van der Waals surface area contributed by atoms with Gasteiger partial charge in [-0.25, -0.2) is 9.59 Å². The lowest BCUT2D eigenvalue weighted by atomic mass is 9.85. The number of Topliss-reactive ketones (excluding diaryl/α,β-unsaturated/α-hetero) is 1. The summed E-state index contributed by atoms with van der Waals surface area (Å²) in [6.07, 6.45) is 3.15. The number of amides is 6. The Hall–Kier alpha value is -3.64. The van der Waals surface area contributed by atoms with Gasteiger partial charge in [0.05, 0.1) is 6.04 Å². The molecule has 290 valence electrons. The zero-order valence-electron chi connectivity index (χ0n) is 33.5. The van der Waals surface area contributed by atoms with Crippen molar-refractivity contribution in [3.63, 3.8) is 0 Å². The van der Waals surface area contributed by atoms with Crippen molar-refractivity contribution in [2.24, 2.45) is 28.1 Å². The van der Waals surface area contributed by atoms with E-state index in [4.69, 9.17) is 4.74 Å². The lowest BCUT2D eigenvalue weighted by Gasteiger charge is -2.38. The van der Waals surface area contributed by atoms with E-state index in [0.717, 1.165) is 6.42 Å². The van der Waals surface area contributed by atoms with Gasteiger partial charge in [-0.3, -0.25) is 19.2 Å². The third-order valence-electron chi connectivity index (χ3n) is 9.65. The Morgan fingerprint density at radius 2 is 1.59 bits per heavy atom. The summed E-state index contributed by atoms with van der Waals surface area (Å²) < 4.78 is 5.51. The summed E-state index contributed by atoms with van der Waals surface area (Å²) in [5, 5.41) is 11.2. The highest BCUT2D eigenvalue weighted by Gasteiger charge is 2.70. The van der Waals surface area contributed by atoms with E-state index in [0.29, 0.717) is 19.4 Å². The van der Waals surface area contributed by atoms with Crippen LogP contribution in [0.15, 0.2) is 12.7 Å². The number of carbonyl (C=O) groups is 6. The van der Waals surface area contributed by atoms with E-state index in [-0.39, 0.29) is 42.2 Å². The fraction of sp³-hybridized carbons (Fsp3) is 0.789. The second-order valence-corrected chi connectivity index (χ2v) is 18.2. The molecule has 6 atom stereocenters. The van der Waals surface area contributed by atoms with Crippen LogP contribution in [0.4, 0.5) is 9.59 Å². The summed E-state index contributed by atoms with van der Waals surface area (Å²) in [4.78, 5) is 83.6. The van der Waals surface area contributed by atoms with Crippen LogP contribution in [-0.2, 0) is 23.9 Å². The Bertz CT molecular complexity index is 1310. The summed E-state index contributed by atoms with van der Waals surface area (Å²) in [5.41, 5.74) is -1.82. The van der Waals surface area contributed by atoms with Crippen molar-refractivity contribution < 1.29 is 33.5 Å². The molecule has 0 aromatic carbocycles. The lowest BCUT2D eigenvalue weighted by Crippen LogP contribution is -2.62. The fourth-order valence-corrected chi connectivity index (χ4v) is 6.98. The number of likely N-dealkylation sites (N-methyl/N-ethyl adjacent to an activating group) is 1. The van der Waals surface area contributed by atoms with Gasteiger partial charge in [-0.2, -0.15) is 0 Å². The molecule has 2 rings (SSSR count). The monoisotopic (exact) mass is 718 g/mol. The Morgan fingerprint density at radius 3 is 2.10 bits per heavy atom. The number of hydrogen-bond donors (Lipinski definition) is 4. The molecule has 1 aliphatic heterocycles. The number of likely N-dealkylation sites (tertiary alicyclic amines) is 1. The first kappa shape index (κ1) is 43.5. The van der Waals surface area contributed by atoms with E-state index < -0.39 is 70.8 Å². The molecule has 6 amide bonds. The molecule has 0 radical (unpaired) electrons. The van der Waals surface area contributed by atoms with Crippen molar-refractivity contribution in [2.75, 3.05) is 26.7 Å². The molecule has 1 saturated heterocycles. The third kappa shape index (κ3) is 12.2. The van der Waals surface area contributed by atoms with E-state index in [1.807, 2.05) is 48.5 Å². The number of rotatable bonds is 15. The van der Waals surface area contributed by atoms with Gasteiger partial charge in [-0.05, 0) is 61.7 Å². The predicted molar refractivity (Wildman–Crippen MR) is 198 cm³/mol. The standard InChI is InChI=1S/C38H66N6O7/c1-15-17-18-25(28(45)31(47)39-19-16-2)41-30(46)27-26-24(38(26,12)13)22-44(27)32(48)29(36(6,7)8)42-33(49)40-23(20-35(3,4)5)21-43(14)34(50)51-37(9,10)11/h16,23-27,29H,2,15,17-22H2,1,3-14H3,(H,39,47)(H,41,46)(H2,40,42,49)/t23-,24-,25?,26-,27-,29+/m0/s1. The predicted octanol–water partition coefficient (Wildman–Crippen LogP) is 4.40. The minimum Gasteiger partial charge on any atom is -0.444 e. The largest absolute Gasteiger partial charge is 0.444 e. The van der Waals surface area contributed by atoms with Crippen LogP contribution in [0.2, 0.25) is 0 Å². The van der Waals surface area contributed by atoms with Gasteiger partial charge in [0.2, 0.25) is 17.6 Å². The maximum atomic E-state index is 14.4. The Morgan fingerprint density at radius 1 is 0.980 bits per heavy atom. The summed E-state index contributed by atoms with van der Waals surface area (Å²) in [7, 11) is 1.62. The molecule has 0 spiro atoms. The topological polar surface area (TPSA) is 166 Å². The SMILES string of the molecule is C=CCNC(=O)C(=O)C(CCCC)NC(=O)[C@@H]1[C@@H]2[C@H](CN1C(=O)[C@@H](NC(=O)N[C@H](CN(C)C(=O)OC(C)(C)C)CC(C)(C)C)C(C)(C)C)C2(C)C. The van der Waals surface area contributed by atoms with E-state index >= 15 is 0 Å². The third-order valence-corrected chi connectivity index (χ3v) is 9.65. The molecule has 13 nitrogen and oxygen atoms in total. The number of unbranched alkanes of at least 4 members (excludes halogenated alkanes) is 1. The first-order chi connectivity index (χ1) is 23.2. The average Bonchev–Trinajstić information content (AvgIpc) is 3.29. The van der Waals surface area contributed by atoms with E-state index in [9.17, 15) is 28.8 Å². The van der Waals surface area contributed by atoms with Crippen molar-refractivity contribution in [1.29, 1.82) is 0 Å². The first-order valence-corrected chi connectivity index (χ1v) is 18.3. The molecule has 0 aromatic heterocycles. The molecular weight excluding hydrogens is 652 g/mol. The van der Waals surface area contributed by atoms with Crippen LogP contribution >= 0.6 is 0 Å². The van der Waals surface area contributed by atoms with Crippen molar-refractivity contribution >= 4 is 35.6 Å². The zero-order valence-corrected chi connectivity index (χ0v) is 33.5. The van der Waals surface area contributed by atoms with Gasteiger partial charge in [0.1, 0.15) is 17.7 Å². The lowest BCUT2D eigenvalue weighted by molar-refractivity contribution is -0.145. The van der Waals surface area contributed by atoms with Crippen LogP contribution in [0.3, 0.4) is 0 Å². The van der Waals surface area contributed by atoms with E-state index in [1.54, 1.807) is 27.8 Å². The summed E-state index contributed by atoms with van der Waals surface area (Å²) in [5.74, 6) is -2.52. The van der Waals surface area contributed by atoms with E-state index in [2.05, 4.69) is 41.7 Å². The van der Waals surface area contributed by atoms with Crippen LogP contribution < -0.4 is 21.3 Å². The van der Waals surface area contributed by atoms with Gasteiger partial charge in [-0.15, -0.1) is 6.58 Å². The van der Waals surface area contributed by atoms with Gasteiger partial charge >= 0.3 is 12.1 Å². The number of hydrogen-bond acceptors (Lipinski definition) is 7. The maximum absolute atomic E-state index is 14.4. The molecule has 2 aliphatic rings. The number of ketones is 1. The average molecular weight is 719 g/mol. The van der Waals surface area contributed by atoms with Gasteiger partial charge in [-0.1, -0.05) is 81.2 Å². The number of fused-ring (bicyclic) bond motifs is 1. The highest BCUT2D eigenvalue weighted by Crippen LogP contribution is 2.65. The first-order valence-electron chi connectivity index (χ1n) is 18.3. The van der Waals surface area contributed by atoms with Gasteiger partial charge in [0.25, 0.3) is 5.91 Å². The van der Waals surface area contributed by atoms with E-state index in [1.165, 1.54) is 15.9 Å². The van der Waals surface area contributed by atoms with Crippen LogP contribution in [-0.4, -0.2) is 102 Å². The Balaban J connectivity index is 2.32. The second-order valence-electron chi connectivity index (χ2n) is 18.2. The summed E-state index contributed by atoms with van der Waals surface area (Å²) in [6, 6.07) is -3.96. The smallest absolute Gasteiger partial charge is 0.410 e. The molecule has 2 fully saturated rings. The van der Waals surface area contributed by atoms with Gasteiger partial charge in [0.15, 0.2) is 0 Å². The number of ether oxygens (including phenoxy) is 1. The number of piperidine rings is 1. The van der Waals surface area contributed by atoms with Crippen LogP contribution in [0, 0.1) is 28.1 Å². The molecule has 1 unspecified atom stereocenters. The van der Waals surface area contributed by atoms with Crippen molar-refractivity contribution in [2.45, 2.75) is 139 Å². The molecule has 0 aromatic rings. The molecule has 1 aliphatic carbocycles. The zero-order chi connectivity index (χ0) is 39.3. The number of nitrogens with zero attached hydrogens (tertiary/aromatic N) is 2. The highest BCUT2D eigenvalue weighted by molar-refractivity contribution is 6.38. The number of carbonyl (C=O) groups excluding carboxylic acids is 6. The molecule has 1 saturated carbocycles. The second kappa shape index (κ2) is 16.8. The molecule has 1 heterocycles. The highest BCUT2D eigenvalue weighted by atomic mass is 16.6. The van der Waals surface area contributed by atoms with Crippen LogP contribution in [0.25, 0.3) is 0 Å². The van der Waals surface area contributed by atoms with Crippen molar-refractivity contribution in [1.82, 2.24) is 31.1 Å². The summed E-state index contributed by atoms with van der Waals surface area (Å²) >= 11 is 0. The molecule has 51 heavy (non-hydrogen) atoms. The molecule has 4 N–H and O–H groups in total. The number of urea groups is 1. The Labute approximate surface area is 305 Å². The number of nitrogens with one attached hydrogen (secondary N) is 4. The minimum absolute atomic E-state index is 0.0619. The van der Waals surface area contributed by atoms with Gasteiger partial charge < -0.3 is 35.8 Å². The Kier molecular flexibility index (Phi) is 14.3. The van der Waals surface area contributed by atoms with Crippen molar-refractivity contribution in [3.8, 4) is 0 Å². The normalized spacial score (nSPS) is 21.3. The molecular formula is C38H66N6O7.